The Bertz CT molecular complexity index is 592. The van der Waals surface area contributed by atoms with Crippen LogP contribution in [0.3, 0.4) is 0 Å². The lowest BCUT2D eigenvalue weighted by molar-refractivity contribution is -0.274. The average Bonchev–Trinajstić information content (AvgIpc) is 2.40. The molecule has 0 saturated heterocycles. The predicted molar refractivity (Wildman–Crippen MR) is 69.2 cm³/mol. The molecular weight excluding hydrogens is 269 g/mol. The van der Waals surface area contributed by atoms with E-state index in [4.69, 9.17) is 0 Å². The van der Waals surface area contributed by atoms with Crippen molar-refractivity contribution in [2.75, 3.05) is 0 Å². The van der Waals surface area contributed by atoms with Gasteiger partial charge in [-0.15, -0.1) is 13.2 Å². The summed E-state index contributed by atoms with van der Waals surface area (Å²) in [6.45, 7) is 1.78. The summed E-state index contributed by atoms with van der Waals surface area (Å²) in [6, 6.07) is 10.8. The number of rotatable bonds is 3. The first kappa shape index (κ1) is 14.0. The zero-order valence-electron chi connectivity index (χ0n) is 10.6. The molecule has 0 aliphatic heterocycles. The lowest BCUT2D eigenvalue weighted by Gasteiger charge is -2.08. The van der Waals surface area contributed by atoms with Gasteiger partial charge >= 0.3 is 6.36 Å². The maximum absolute atomic E-state index is 12.0. The van der Waals surface area contributed by atoms with Gasteiger partial charge in [-0.25, -0.2) is 0 Å². The zero-order valence-corrected chi connectivity index (χ0v) is 10.6. The Morgan fingerprint density at radius 2 is 1.80 bits per heavy atom. The molecule has 1 heterocycles. The number of benzene rings is 1. The van der Waals surface area contributed by atoms with Crippen LogP contribution in [-0.4, -0.2) is 17.1 Å². The van der Waals surface area contributed by atoms with Gasteiger partial charge in [0.2, 0.25) is 0 Å². The Hall–Kier alpha value is -2.37. The minimum Gasteiger partial charge on any atom is -0.406 e. The largest absolute Gasteiger partial charge is 0.573 e. The molecule has 104 valence electrons. The van der Waals surface area contributed by atoms with Crippen molar-refractivity contribution in [2.24, 2.45) is 4.99 Å². The summed E-state index contributed by atoms with van der Waals surface area (Å²) in [5.41, 5.74) is 1.92. The molecule has 0 spiro atoms. The van der Waals surface area contributed by atoms with E-state index in [1.165, 1.54) is 24.3 Å². The Labute approximate surface area is 113 Å². The summed E-state index contributed by atoms with van der Waals surface area (Å²) in [7, 11) is 0. The summed E-state index contributed by atoms with van der Waals surface area (Å²) in [5, 5.41) is 0. The number of halogens is 3. The molecule has 0 unspecified atom stereocenters. The first-order valence-electron chi connectivity index (χ1n) is 5.76. The molecule has 0 N–H and O–H groups in total. The number of hydrogen-bond acceptors (Lipinski definition) is 3. The van der Waals surface area contributed by atoms with Gasteiger partial charge in [0.05, 0.1) is 17.1 Å². The fourth-order valence-corrected chi connectivity index (χ4v) is 1.55. The summed E-state index contributed by atoms with van der Waals surface area (Å²) in [4.78, 5) is 8.42. The molecule has 0 aliphatic rings. The van der Waals surface area contributed by atoms with Crippen LogP contribution < -0.4 is 4.74 Å². The van der Waals surface area contributed by atoms with Crippen molar-refractivity contribution in [3.63, 3.8) is 0 Å². The van der Waals surface area contributed by atoms with Crippen molar-refractivity contribution in [1.29, 1.82) is 0 Å². The minimum atomic E-state index is -4.69. The molecule has 6 heteroatoms. The first-order chi connectivity index (χ1) is 9.44. The van der Waals surface area contributed by atoms with E-state index in [9.17, 15) is 13.2 Å². The number of alkyl halides is 3. The Morgan fingerprint density at radius 3 is 2.35 bits per heavy atom. The van der Waals surface area contributed by atoms with E-state index in [0.29, 0.717) is 17.1 Å². The SMILES string of the molecule is CC(=Nc1ccc(OC(F)(F)F)cc1)c1ccccn1. The number of aliphatic imine (C=N–C) groups is 1. The van der Waals surface area contributed by atoms with Crippen LogP contribution in [0.25, 0.3) is 0 Å². The molecule has 0 bridgehead atoms. The van der Waals surface area contributed by atoms with E-state index in [1.807, 2.05) is 6.07 Å². The third-order valence-corrected chi connectivity index (χ3v) is 2.40. The van der Waals surface area contributed by atoms with Gasteiger partial charge in [-0.1, -0.05) is 6.07 Å². The Balaban J connectivity index is 2.15. The maximum atomic E-state index is 12.0. The molecule has 0 amide bonds. The van der Waals surface area contributed by atoms with Gasteiger partial charge in [0.1, 0.15) is 5.75 Å². The van der Waals surface area contributed by atoms with Gasteiger partial charge in [-0.2, -0.15) is 0 Å². The highest BCUT2D eigenvalue weighted by atomic mass is 19.4. The number of pyridine rings is 1. The Morgan fingerprint density at radius 1 is 1.10 bits per heavy atom. The maximum Gasteiger partial charge on any atom is 0.573 e. The highest BCUT2D eigenvalue weighted by Gasteiger charge is 2.30. The van der Waals surface area contributed by atoms with Gasteiger partial charge in [0.15, 0.2) is 0 Å². The lowest BCUT2D eigenvalue weighted by Crippen LogP contribution is -2.16. The van der Waals surface area contributed by atoms with E-state index >= 15 is 0 Å². The molecule has 1 aromatic heterocycles. The van der Waals surface area contributed by atoms with E-state index < -0.39 is 6.36 Å². The highest BCUT2D eigenvalue weighted by Crippen LogP contribution is 2.25. The summed E-state index contributed by atoms with van der Waals surface area (Å²) in [6.07, 6.45) is -3.04. The number of hydrogen-bond donors (Lipinski definition) is 0. The van der Waals surface area contributed by atoms with Crippen molar-refractivity contribution in [3.05, 3.63) is 54.4 Å². The topological polar surface area (TPSA) is 34.5 Å². The fraction of sp³-hybridized carbons (Fsp3) is 0.143. The van der Waals surface area contributed by atoms with Crippen molar-refractivity contribution in [3.8, 4) is 5.75 Å². The van der Waals surface area contributed by atoms with Crippen LogP contribution in [0.5, 0.6) is 5.75 Å². The third-order valence-electron chi connectivity index (χ3n) is 2.40. The van der Waals surface area contributed by atoms with Crippen LogP contribution in [0.2, 0.25) is 0 Å². The number of nitrogens with zero attached hydrogens (tertiary/aromatic N) is 2. The minimum absolute atomic E-state index is 0.271. The van der Waals surface area contributed by atoms with E-state index in [2.05, 4.69) is 14.7 Å². The van der Waals surface area contributed by atoms with Crippen LogP contribution in [0.4, 0.5) is 18.9 Å². The molecule has 0 saturated carbocycles. The predicted octanol–water partition coefficient (Wildman–Crippen LogP) is 4.12. The molecule has 0 atom stereocenters. The van der Waals surface area contributed by atoms with Crippen molar-refractivity contribution in [2.45, 2.75) is 13.3 Å². The molecule has 20 heavy (non-hydrogen) atoms. The van der Waals surface area contributed by atoms with Crippen LogP contribution >= 0.6 is 0 Å². The standard InChI is InChI=1S/C14H11F3N2O/c1-10(13-4-2-3-9-18-13)19-11-5-7-12(8-6-11)20-14(15,16)17/h2-9H,1H3. The van der Waals surface area contributed by atoms with Gasteiger partial charge in [-0.3, -0.25) is 9.98 Å². The Kier molecular flexibility index (Phi) is 4.02. The second-order valence-corrected chi connectivity index (χ2v) is 3.95. The molecule has 3 nitrogen and oxygen atoms in total. The molecule has 0 fully saturated rings. The molecule has 2 aromatic rings. The average molecular weight is 280 g/mol. The first-order valence-corrected chi connectivity index (χ1v) is 5.76. The second-order valence-electron chi connectivity index (χ2n) is 3.95. The van der Waals surface area contributed by atoms with Gasteiger partial charge in [-0.05, 0) is 43.3 Å². The summed E-state index contributed by atoms with van der Waals surface area (Å²) in [5.74, 6) is -0.271. The van der Waals surface area contributed by atoms with Crippen LogP contribution in [-0.2, 0) is 0 Å². The number of aromatic nitrogens is 1. The van der Waals surface area contributed by atoms with Crippen LogP contribution in [0.1, 0.15) is 12.6 Å². The molecule has 1 aromatic carbocycles. The normalized spacial score (nSPS) is 12.3. The molecular formula is C14H11F3N2O. The lowest BCUT2D eigenvalue weighted by atomic mass is 10.2. The van der Waals surface area contributed by atoms with Crippen molar-refractivity contribution >= 4 is 11.4 Å². The second kappa shape index (κ2) is 5.73. The van der Waals surface area contributed by atoms with E-state index in [1.54, 1.807) is 25.3 Å². The van der Waals surface area contributed by atoms with Gasteiger partial charge in [0, 0.05) is 6.20 Å². The summed E-state index contributed by atoms with van der Waals surface area (Å²) >= 11 is 0. The number of ether oxygens (including phenoxy) is 1. The van der Waals surface area contributed by atoms with E-state index in [-0.39, 0.29) is 5.75 Å². The molecule has 0 radical (unpaired) electrons. The van der Waals surface area contributed by atoms with Crippen LogP contribution in [0.15, 0.2) is 53.7 Å². The van der Waals surface area contributed by atoms with Crippen molar-refractivity contribution < 1.29 is 17.9 Å². The molecule has 0 aliphatic carbocycles. The van der Waals surface area contributed by atoms with Gasteiger partial charge < -0.3 is 4.74 Å². The van der Waals surface area contributed by atoms with Gasteiger partial charge in [0.25, 0.3) is 0 Å². The molecule has 2 rings (SSSR count). The van der Waals surface area contributed by atoms with E-state index in [0.717, 1.165) is 0 Å². The summed E-state index contributed by atoms with van der Waals surface area (Å²) < 4.78 is 39.8. The third kappa shape index (κ3) is 4.08. The smallest absolute Gasteiger partial charge is 0.406 e. The van der Waals surface area contributed by atoms with Crippen molar-refractivity contribution in [1.82, 2.24) is 4.98 Å². The zero-order chi connectivity index (χ0) is 14.6. The monoisotopic (exact) mass is 280 g/mol. The fourth-order valence-electron chi connectivity index (χ4n) is 1.55. The highest BCUT2D eigenvalue weighted by molar-refractivity contribution is 5.98. The van der Waals surface area contributed by atoms with Crippen LogP contribution in [0, 0.1) is 0 Å². The quantitative estimate of drug-likeness (QED) is 0.792.